The molecule has 8 heteroatoms. The molecule has 2 aliphatic carbocycles. The number of hydrogen-bond acceptors (Lipinski definition) is 8. The number of rotatable bonds is 8. The molecule has 44 heavy (non-hydrogen) atoms. The van der Waals surface area contributed by atoms with Crippen molar-refractivity contribution in [2.45, 2.75) is 83.1 Å². The third-order valence-corrected chi connectivity index (χ3v) is 10.3. The molecule has 1 fully saturated rings. The molecule has 0 aromatic heterocycles. The molecular formula is C36H50N2O6. The van der Waals surface area contributed by atoms with Crippen molar-refractivity contribution < 1.29 is 30.6 Å². The predicted octanol–water partition coefficient (Wildman–Crippen LogP) is 3.61. The largest absolute Gasteiger partial charge is 0.508 e. The van der Waals surface area contributed by atoms with Crippen molar-refractivity contribution in [1.29, 1.82) is 0 Å². The maximum Gasteiger partial charge on any atom is 0.121 e. The maximum absolute atomic E-state index is 9.90. The van der Waals surface area contributed by atoms with Gasteiger partial charge in [0, 0.05) is 29.8 Å². The second-order valence-corrected chi connectivity index (χ2v) is 13.1. The molecule has 2 aromatic rings. The molecule has 8 nitrogen and oxygen atoms in total. The Bertz CT molecular complexity index is 1320. The lowest BCUT2D eigenvalue weighted by Gasteiger charge is -2.41. The van der Waals surface area contributed by atoms with Gasteiger partial charge in [-0.1, -0.05) is 41.5 Å². The smallest absolute Gasteiger partial charge is 0.121 e. The number of hydrogen-bond donors (Lipinski definition) is 8. The first-order valence-corrected chi connectivity index (χ1v) is 16.3. The molecule has 0 radical (unpaired) electrons. The van der Waals surface area contributed by atoms with Crippen LogP contribution in [-0.2, 0) is 26.1 Å². The quantitative estimate of drug-likeness (QED) is 0.213. The van der Waals surface area contributed by atoms with Gasteiger partial charge in [-0.2, -0.15) is 0 Å². The fourth-order valence-electron chi connectivity index (χ4n) is 7.74. The Morgan fingerprint density at radius 1 is 0.727 bits per heavy atom. The topological polar surface area (TPSA) is 145 Å². The fourth-order valence-corrected chi connectivity index (χ4v) is 7.74. The minimum atomic E-state index is -0.133. The molecule has 0 saturated carbocycles. The van der Waals surface area contributed by atoms with Gasteiger partial charge >= 0.3 is 0 Å². The molecule has 1 saturated heterocycles. The summed E-state index contributed by atoms with van der Waals surface area (Å²) in [6, 6.07) is 11.9. The molecule has 4 aliphatic rings. The van der Waals surface area contributed by atoms with Crippen LogP contribution in [-0.4, -0.2) is 69.0 Å². The number of aromatic hydroxyl groups is 2. The first kappa shape index (κ1) is 32.7. The zero-order chi connectivity index (χ0) is 31.1. The monoisotopic (exact) mass is 606 g/mol. The maximum atomic E-state index is 9.90. The molecule has 2 heterocycles. The lowest BCUT2D eigenvalue weighted by Crippen LogP contribution is -2.48. The summed E-state index contributed by atoms with van der Waals surface area (Å²) >= 11 is 0. The molecule has 240 valence electrons. The van der Waals surface area contributed by atoms with Crippen molar-refractivity contribution >= 4 is 0 Å². The average molecular weight is 607 g/mol. The van der Waals surface area contributed by atoms with Gasteiger partial charge in [0.05, 0.1) is 19.8 Å². The summed E-state index contributed by atoms with van der Waals surface area (Å²) in [7, 11) is 0. The van der Waals surface area contributed by atoms with E-state index in [1.54, 1.807) is 24.3 Å². The molecule has 8 N–H and O–H groups in total. The van der Waals surface area contributed by atoms with Gasteiger partial charge in [-0.3, -0.25) is 0 Å². The van der Waals surface area contributed by atoms with Crippen LogP contribution in [0.25, 0.3) is 0 Å². The zero-order valence-corrected chi connectivity index (χ0v) is 25.7. The number of nitrogens with one attached hydrogen (secondary N) is 2. The predicted molar refractivity (Wildman–Crippen MR) is 171 cm³/mol. The molecule has 0 spiro atoms. The lowest BCUT2D eigenvalue weighted by atomic mass is 9.71. The van der Waals surface area contributed by atoms with Crippen molar-refractivity contribution in [3.8, 4) is 11.5 Å². The third-order valence-electron chi connectivity index (χ3n) is 10.3. The van der Waals surface area contributed by atoms with Crippen LogP contribution in [0.4, 0.5) is 0 Å². The number of benzene rings is 2. The fraction of sp³-hybridized carbons (Fsp3) is 0.556. The first-order chi connectivity index (χ1) is 21.4. The van der Waals surface area contributed by atoms with E-state index in [1.807, 2.05) is 12.1 Å². The summed E-state index contributed by atoms with van der Waals surface area (Å²) < 4.78 is 0. The highest BCUT2D eigenvalue weighted by Gasteiger charge is 2.35. The highest BCUT2D eigenvalue weighted by atomic mass is 16.3. The normalized spacial score (nSPS) is 26.6. The van der Waals surface area contributed by atoms with Crippen LogP contribution in [0.3, 0.4) is 0 Å². The summed E-state index contributed by atoms with van der Waals surface area (Å²) in [6.45, 7) is 2.23. The Balaban J connectivity index is 0.000000175. The van der Waals surface area contributed by atoms with Crippen LogP contribution >= 0.6 is 0 Å². The number of allylic oxidation sites excluding steroid dienone is 1. The van der Waals surface area contributed by atoms with Crippen LogP contribution in [0, 0.1) is 17.8 Å². The summed E-state index contributed by atoms with van der Waals surface area (Å²) in [4.78, 5) is 0. The van der Waals surface area contributed by atoms with Crippen LogP contribution in [0.1, 0.15) is 67.2 Å². The Kier molecular flexibility index (Phi) is 11.5. The van der Waals surface area contributed by atoms with Crippen molar-refractivity contribution in [2.75, 3.05) is 26.3 Å². The van der Waals surface area contributed by atoms with Gasteiger partial charge in [0.15, 0.2) is 0 Å². The zero-order valence-electron chi connectivity index (χ0n) is 25.7. The molecule has 5 atom stereocenters. The van der Waals surface area contributed by atoms with Gasteiger partial charge in [-0.15, -0.1) is 0 Å². The van der Waals surface area contributed by atoms with E-state index < -0.39 is 0 Å². The second-order valence-electron chi connectivity index (χ2n) is 13.1. The SMILES string of the molecule is OCC1=CCC2C(CCNC2Cc2ccc(CO)c(O)c2)C1.OCc1ccc(CC2NCCC3=C2CCC(CO)C3)cc1O. The molecule has 6 rings (SSSR count). The van der Waals surface area contributed by atoms with Crippen molar-refractivity contribution in [1.82, 2.24) is 10.6 Å². The number of aliphatic hydroxyl groups excluding tert-OH is 4. The number of piperidine rings is 1. The number of phenols is 2. The van der Waals surface area contributed by atoms with Gasteiger partial charge in [0.25, 0.3) is 0 Å². The Morgan fingerprint density at radius 3 is 2.07 bits per heavy atom. The number of aliphatic hydroxyl groups is 4. The first-order valence-electron chi connectivity index (χ1n) is 16.3. The second kappa shape index (κ2) is 15.5. The summed E-state index contributed by atoms with van der Waals surface area (Å²) in [5.74, 6) is 2.05. The highest BCUT2D eigenvalue weighted by Crippen LogP contribution is 2.38. The summed E-state index contributed by atoms with van der Waals surface area (Å²) in [5.41, 5.74) is 7.57. The van der Waals surface area contributed by atoms with Gasteiger partial charge in [-0.25, -0.2) is 0 Å². The Hall–Kier alpha value is -2.72. The van der Waals surface area contributed by atoms with E-state index in [4.69, 9.17) is 10.2 Å². The van der Waals surface area contributed by atoms with E-state index in [0.29, 0.717) is 47.6 Å². The van der Waals surface area contributed by atoms with Gasteiger partial charge in [0.2, 0.25) is 0 Å². The van der Waals surface area contributed by atoms with Gasteiger partial charge in [-0.05, 0) is 117 Å². The Labute approximate surface area is 261 Å². The van der Waals surface area contributed by atoms with Gasteiger partial charge in [0.1, 0.15) is 11.5 Å². The Morgan fingerprint density at radius 2 is 1.43 bits per heavy atom. The molecule has 0 bridgehead atoms. The van der Waals surface area contributed by atoms with Crippen molar-refractivity contribution in [3.63, 3.8) is 0 Å². The van der Waals surface area contributed by atoms with Crippen LogP contribution in [0.2, 0.25) is 0 Å². The minimum Gasteiger partial charge on any atom is -0.508 e. The van der Waals surface area contributed by atoms with E-state index in [2.05, 4.69) is 16.7 Å². The molecule has 2 aromatic carbocycles. The molecule has 5 unspecified atom stereocenters. The molecule has 2 aliphatic heterocycles. The van der Waals surface area contributed by atoms with Crippen LogP contribution in [0.15, 0.2) is 59.2 Å². The summed E-state index contributed by atoms with van der Waals surface area (Å²) in [5, 5.41) is 64.0. The standard InChI is InChI=1S/2C18H25NO3/c2*20-10-13-2-4-16-14(7-13)5-6-19-17(16)8-12-1-3-15(11-21)18(22)9-12/h1,3,9,13,17,19-22H,2,4-8,10-11H2;1-3,9,14,16-17,19-22H,4-8,10-11H2. The van der Waals surface area contributed by atoms with Crippen molar-refractivity contribution in [3.05, 3.63) is 81.4 Å². The van der Waals surface area contributed by atoms with Crippen molar-refractivity contribution in [2.24, 2.45) is 17.8 Å². The molecular weight excluding hydrogens is 556 g/mol. The van der Waals surface area contributed by atoms with Crippen LogP contribution < -0.4 is 10.6 Å². The molecule has 0 amide bonds. The number of fused-ring (bicyclic) bond motifs is 1. The van der Waals surface area contributed by atoms with Crippen LogP contribution in [0.5, 0.6) is 11.5 Å². The lowest BCUT2D eigenvalue weighted by molar-refractivity contribution is 0.170. The van der Waals surface area contributed by atoms with E-state index in [-0.39, 0.29) is 31.3 Å². The summed E-state index contributed by atoms with van der Waals surface area (Å²) in [6.07, 6.45) is 11.5. The highest BCUT2D eigenvalue weighted by molar-refractivity contribution is 5.38. The van der Waals surface area contributed by atoms with Gasteiger partial charge < -0.3 is 41.3 Å². The van der Waals surface area contributed by atoms with E-state index in [9.17, 15) is 20.4 Å². The van der Waals surface area contributed by atoms with E-state index in [1.165, 1.54) is 23.1 Å². The minimum absolute atomic E-state index is 0.132. The average Bonchev–Trinajstić information content (AvgIpc) is 3.05. The third kappa shape index (κ3) is 7.91. The van der Waals surface area contributed by atoms with E-state index >= 15 is 0 Å². The van der Waals surface area contributed by atoms with E-state index in [0.717, 1.165) is 75.6 Å².